The van der Waals surface area contributed by atoms with Crippen molar-refractivity contribution in [2.45, 2.75) is 26.7 Å². The van der Waals surface area contributed by atoms with Crippen molar-refractivity contribution >= 4 is 5.91 Å². The summed E-state index contributed by atoms with van der Waals surface area (Å²) < 4.78 is 0. The maximum atomic E-state index is 11.7. The lowest BCUT2D eigenvalue weighted by atomic mass is 10.1. The molecule has 0 bridgehead atoms. The van der Waals surface area contributed by atoms with Crippen molar-refractivity contribution in [3.63, 3.8) is 0 Å². The third kappa shape index (κ3) is 5.32. The number of rotatable bonds is 8. The van der Waals surface area contributed by atoms with Crippen LogP contribution in [-0.4, -0.2) is 37.0 Å². The molecule has 1 amide bonds. The Kier molecular flexibility index (Phi) is 7.11. The van der Waals surface area contributed by atoms with Crippen molar-refractivity contribution in [2.75, 3.05) is 26.2 Å². The molecule has 0 heterocycles. The Morgan fingerprint density at radius 3 is 2.44 bits per heavy atom. The van der Waals surface area contributed by atoms with Gasteiger partial charge in [0.1, 0.15) is 0 Å². The lowest BCUT2D eigenvalue weighted by Crippen LogP contribution is -2.38. The number of hydrogen-bond acceptors (Lipinski definition) is 2. The van der Waals surface area contributed by atoms with E-state index in [2.05, 4.69) is 29.6 Å². The molecule has 0 atom stereocenters. The van der Waals surface area contributed by atoms with Crippen LogP contribution in [0.5, 0.6) is 0 Å². The molecule has 1 aromatic carbocycles. The Balaban J connectivity index is 2.10. The normalized spacial score (nSPS) is 10.3. The molecule has 3 nitrogen and oxygen atoms in total. The average Bonchev–Trinajstić information content (AvgIpc) is 2.41. The van der Waals surface area contributed by atoms with Gasteiger partial charge < -0.3 is 10.2 Å². The minimum atomic E-state index is 0.194. The molecule has 0 aromatic heterocycles. The summed E-state index contributed by atoms with van der Waals surface area (Å²) in [6.07, 6.45) is 2.13. The van der Waals surface area contributed by atoms with E-state index in [0.29, 0.717) is 6.54 Å². The number of likely N-dealkylation sites (N-methyl/N-ethyl adjacent to an activating group) is 1. The summed E-state index contributed by atoms with van der Waals surface area (Å²) in [7, 11) is 0. The first-order valence-corrected chi connectivity index (χ1v) is 6.80. The fourth-order valence-electron chi connectivity index (χ4n) is 1.95. The first-order chi connectivity index (χ1) is 8.77. The fourth-order valence-corrected chi connectivity index (χ4v) is 1.95. The summed E-state index contributed by atoms with van der Waals surface area (Å²) in [5.41, 5.74) is 1.36. The van der Waals surface area contributed by atoms with Crippen LogP contribution >= 0.6 is 0 Å². The van der Waals surface area contributed by atoms with Crippen LogP contribution < -0.4 is 5.32 Å². The smallest absolute Gasteiger partial charge is 0.236 e. The van der Waals surface area contributed by atoms with E-state index in [4.69, 9.17) is 0 Å². The second-order valence-corrected chi connectivity index (χ2v) is 4.33. The van der Waals surface area contributed by atoms with Gasteiger partial charge in [0.15, 0.2) is 0 Å². The molecule has 100 valence electrons. The van der Waals surface area contributed by atoms with Crippen LogP contribution in [0.2, 0.25) is 0 Å². The second-order valence-electron chi connectivity index (χ2n) is 4.33. The maximum Gasteiger partial charge on any atom is 0.236 e. The van der Waals surface area contributed by atoms with Crippen LogP contribution in [0.4, 0.5) is 0 Å². The first-order valence-electron chi connectivity index (χ1n) is 6.80. The zero-order chi connectivity index (χ0) is 13.2. The Bertz CT molecular complexity index is 334. The van der Waals surface area contributed by atoms with Gasteiger partial charge in [-0.3, -0.25) is 4.79 Å². The molecule has 3 heteroatoms. The Morgan fingerprint density at radius 2 is 1.83 bits per heavy atom. The lowest BCUT2D eigenvalue weighted by molar-refractivity contribution is -0.129. The highest BCUT2D eigenvalue weighted by Gasteiger charge is 2.07. The number of nitrogens with one attached hydrogen (secondary N) is 1. The van der Waals surface area contributed by atoms with Gasteiger partial charge in [0.05, 0.1) is 6.54 Å². The van der Waals surface area contributed by atoms with Crippen LogP contribution in [0, 0.1) is 0 Å². The molecule has 1 N–H and O–H groups in total. The van der Waals surface area contributed by atoms with Crippen molar-refractivity contribution in [3.8, 4) is 0 Å². The number of amides is 1. The standard InChI is InChI=1S/C15H24N2O/c1-3-17(4-2)15(18)13-16-12-8-11-14-9-6-5-7-10-14/h5-7,9-10,16H,3-4,8,11-13H2,1-2H3. The van der Waals surface area contributed by atoms with E-state index < -0.39 is 0 Å². The van der Waals surface area contributed by atoms with Crippen LogP contribution in [0.15, 0.2) is 30.3 Å². The van der Waals surface area contributed by atoms with Gasteiger partial charge in [-0.1, -0.05) is 30.3 Å². The highest BCUT2D eigenvalue weighted by atomic mass is 16.2. The van der Waals surface area contributed by atoms with Crippen LogP contribution in [0.25, 0.3) is 0 Å². The van der Waals surface area contributed by atoms with Crippen LogP contribution in [0.3, 0.4) is 0 Å². The summed E-state index contributed by atoms with van der Waals surface area (Å²) >= 11 is 0. The third-order valence-electron chi connectivity index (χ3n) is 3.05. The summed E-state index contributed by atoms with van der Waals surface area (Å²) in [5, 5.41) is 3.21. The minimum Gasteiger partial charge on any atom is -0.342 e. The molecule has 0 fully saturated rings. The number of nitrogens with zero attached hydrogens (tertiary/aromatic N) is 1. The van der Waals surface area contributed by atoms with Gasteiger partial charge in [-0.05, 0) is 38.8 Å². The average molecular weight is 248 g/mol. The van der Waals surface area contributed by atoms with Crippen molar-refractivity contribution in [1.29, 1.82) is 0 Å². The number of carbonyl (C=O) groups excluding carboxylic acids is 1. The van der Waals surface area contributed by atoms with Gasteiger partial charge in [0.2, 0.25) is 5.91 Å². The van der Waals surface area contributed by atoms with Crippen molar-refractivity contribution < 1.29 is 4.79 Å². The van der Waals surface area contributed by atoms with Crippen LogP contribution in [-0.2, 0) is 11.2 Å². The molecule has 0 saturated heterocycles. The van der Waals surface area contributed by atoms with Gasteiger partial charge in [0.25, 0.3) is 0 Å². The summed E-state index contributed by atoms with van der Waals surface area (Å²) in [5.74, 6) is 0.194. The van der Waals surface area contributed by atoms with E-state index in [1.165, 1.54) is 5.56 Å². The van der Waals surface area contributed by atoms with Crippen molar-refractivity contribution in [3.05, 3.63) is 35.9 Å². The maximum absolute atomic E-state index is 11.7. The highest BCUT2D eigenvalue weighted by molar-refractivity contribution is 5.78. The first kappa shape index (κ1) is 14.7. The quantitative estimate of drug-likeness (QED) is 0.714. The van der Waals surface area contributed by atoms with Gasteiger partial charge in [-0.2, -0.15) is 0 Å². The van der Waals surface area contributed by atoms with Gasteiger partial charge >= 0.3 is 0 Å². The highest BCUT2D eigenvalue weighted by Crippen LogP contribution is 2.01. The summed E-state index contributed by atoms with van der Waals surface area (Å²) in [6.45, 7) is 6.95. The Labute approximate surface area is 110 Å². The monoisotopic (exact) mass is 248 g/mol. The molecular formula is C15H24N2O. The number of aryl methyl sites for hydroxylation is 1. The second kappa shape index (κ2) is 8.70. The summed E-state index contributed by atoms with van der Waals surface area (Å²) in [4.78, 5) is 13.6. The lowest BCUT2D eigenvalue weighted by Gasteiger charge is -2.18. The molecule has 1 aromatic rings. The minimum absolute atomic E-state index is 0.194. The molecule has 0 aliphatic rings. The molecule has 0 radical (unpaired) electrons. The zero-order valence-electron chi connectivity index (χ0n) is 11.5. The molecular weight excluding hydrogens is 224 g/mol. The van der Waals surface area contributed by atoms with E-state index in [9.17, 15) is 4.79 Å². The largest absolute Gasteiger partial charge is 0.342 e. The van der Waals surface area contributed by atoms with Crippen LogP contribution in [0.1, 0.15) is 25.8 Å². The third-order valence-corrected chi connectivity index (χ3v) is 3.05. The zero-order valence-corrected chi connectivity index (χ0v) is 11.5. The van der Waals surface area contributed by atoms with Gasteiger partial charge in [-0.15, -0.1) is 0 Å². The SMILES string of the molecule is CCN(CC)C(=O)CNCCCc1ccccc1. The molecule has 0 spiro atoms. The van der Waals surface area contributed by atoms with Gasteiger partial charge in [0, 0.05) is 13.1 Å². The van der Waals surface area contributed by atoms with E-state index in [1.807, 2.05) is 24.8 Å². The molecule has 0 saturated carbocycles. The van der Waals surface area contributed by atoms with Crippen molar-refractivity contribution in [2.24, 2.45) is 0 Å². The fraction of sp³-hybridized carbons (Fsp3) is 0.533. The number of carbonyl (C=O) groups is 1. The Hall–Kier alpha value is -1.35. The van der Waals surface area contributed by atoms with Crippen molar-refractivity contribution in [1.82, 2.24) is 10.2 Å². The van der Waals surface area contributed by atoms with E-state index in [-0.39, 0.29) is 5.91 Å². The topological polar surface area (TPSA) is 32.3 Å². The van der Waals surface area contributed by atoms with E-state index in [1.54, 1.807) is 0 Å². The number of benzene rings is 1. The van der Waals surface area contributed by atoms with E-state index >= 15 is 0 Å². The molecule has 18 heavy (non-hydrogen) atoms. The number of hydrogen-bond donors (Lipinski definition) is 1. The molecule has 0 aliphatic carbocycles. The summed E-state index contributed by atoms with van der Waals surface area (Å²) in [6, 6.07) is 10.4. The molecule has 0 unspecified atom stereocenters. The predicted molar refractivity (Wildman–Crippen MR) is 75.6 cm³/mol. The molecule has 0 aliphatic heterocycles. The molecule has 1 rings (SSSR count). The van der Waals surface area contributed by atoms with E-state index in [0.717, 1.165) is 32.5 Å². The van der Waals surface area contributed by atoms with Gasteiger partial charge in [-0.25, -0.2) is 0 Å². The predicted octanol–water partition coefficient (Wildman–Crippen LogP) is 2.08. The Morgan fingerprint density at radius 1 is 1.17 bits per heavy atom.